The summed E-state index contributed by atoms with van der Waals surface area (Å²) in [5.41, 5.74) is 0.620. The molecule has 1 atom stereocenters. The molecule has 10 heteroatoms. The highest BCUT2D eigenvalue weighted by atomic mass is 19.4. The zero-order valence-corrected chi connectivity index (χ0v) is 16.7. The third-order valence-electron chi connectivity index (χ3n) is 4.98. The number of aryl methyl sites for hydroxylation is 1. The summed E-state index contributed by atoms with van der Waals surface area (Å²) < 4.78 is 40.8. The van der Waals surface area contributed by atoms with Crippen molar-refractivity contribution < 1.29 is 32.3 Å². The number of carbonyl (C=O) groups excluding carboxylic acids is 3. The van der Waals surface area contributed by atoms with Crippen LogP contribution in [0, 0.1) is 6.92 Å². The second-order valence-electron chi connectivity index (χ2n) is 7.22. The molecule has 3 rings (SSSR count). The van der Waals surface area contributed by atoms with Gasteiger partial charge in [-0.3, -0.25) is 14.5 Å². The van der Waals surface area contributed by atoms with Crippen LogP contribution in [-0.4, -0.2) is 35.7 Å². The fraction of sp³-hybridized carbons (Fsp3) is 0.286. The lowest BCUT2D eigenvalue weighted by Gasteiger charge is -2.22. The van der Waals surface area contributed by atoms with Crippen LogP contribution in [0.1, 0.15) is 23.6 Å². The molecular formula is C21H20F3N3O4. The quantitative estimate of drug-likeness (QED) is 0.683. The normalized spacial score (nSPS) is 18.7. The number of alkyl halides is 3. The van der Waals surface area contributed by atoms with Crippen molar-refractivity contribution in [3.63, 3.8) is 0 Å². The number of amides is 4. The van der Waals surface area contributed by atoms with Crippen molar-refractivity contribution >= 4 is 17.8 Å². The van der Waals surface area contributed by atoms with Crippen LogP contribution in [0.5, 0.6) is 5.75 Å². The number of nitrogens with zero attached hydrogens (tertiary/aromatic N) is 1. The van der Waals surface area contributed by atoms with Crippen LogP contribution < -0.4 is 15.4 Å². The van der Waals surface area contributed by atoms with Crippen LogP contribution in [-0.2, 0) is 21.7 Å². The molecule has 2 aromatic rings. The minimum absolute atomic E-state index is 0.243. The number of ether oxygens (including phenoxy) is 1. The van der Waals surface area contributed by atoms with Gasteiger partial charge < -0.3 is 15.4 Å². The Morgan fingerprint density at radius 2 is 1.77 bits per heavy atom. The zero-order chi connectivity index (χ0) is 22.8. The first-order chi connectivity index (χ1) is 14.5. The second-order valence-corrected chi connectivity index (χ2v) is 7.22. The van der Waals surface area contributed by atoms with Gasteiger partial charge in [-0.15, -0.1) is 13.2 Å². The molecule has 31 heavy (non-hydrogen) atoms. The molecule has 0 saturated carbocycles. The maximum Gasteiger partial charge on any atom is 0.573 e. The van der Waals surface area contributed by atoms with Crippen molar-refractivity contribution in [1.29, 1.82) is 0 Å². The van der Waals surface area contributed by atoms with Gasteiger partial charge in [0.15, 0.2) is 0 Å². The number of rotatable bonds is 6. The van der Waals surface area contributed by atoms with E-state index in [0.29, 0.717) is 0 Å². The maximum absolute atomic E-state index is 12.9. The van der Waals surface area contributed by atoms with Gasteiger partial charge in [0.1, 0.15) is 17.8 Å². The number of urea groups is 1. The van der Waals surface area contributed by atoms with E-state index >= 15 is 0 Å². The molecule has 0 bridgehead atoms. The molecule has 7 nitrogen and oxygen atoms in total. The van der Waals surface area contributed by atoms with Crippen molar-refractivity contribution in [2.45, 2.75) is 32.3 Å². The van der Waals surface area contributed by atoms with Crippen LogP contribution in [0.15, 0.2) is 48.5 Å². The fourth-order valence-electron chi connectivity index (χ4n) is 3.23. The number of nitrogens with one attached hydrogen (secondary N) is 2. The Labute approximate surface area is 176 Å². The van der Waals surface area contributed by atoms with E-state index in [9.17, 15) is 27.6 Å². The van der Waals surface area contributed by atoms with Gasteiger partial charge in [0.25, 0.3) is 5.91 Å². The lowest BCUT2D eigenvalue weighted by Crippen LogP contribution is -2.43. The number of benzene rings is 2. The Balaban J connectivity index is 1.67. The second kappa shape index (κ2) is 8.29. The topological polar surface area (TPSA) is 87.7 Å². The summed E-state index contributed by atoms with van der Waals surface area (Å²) in [5, 5.41) is 5.16. The number of imide groups is 1. The summed E-state index contributed by atoms with van der Waals surface area (Å²) in [5.74, 6) is -1.66. The SMILES string of the molecule is Cc1ccccc1CNC(=O)CN1C(=O)NC(C)(c2ccc(OC(F)(F)F)cc2)C1=O. The van der Waals surface area contributed by atoms with Gasteiger partial charge in [0.05, 0.1) is 0 Å². The van der Waals surface area contributed by atoms with Crippen LogP contribution in [0.4, 0.5) is 18.0 Å². The Bertz CT molecular complexity index is 1010. The molecule has 2 aromatic carbocycles. The molecule has 1 heterocycles. The average molecular weight is 435 g/mol. The van der Waals surface area contributed by atoms with Crippen molar-refractivity contribution in [2.75, 3.05) is 6.54 Å². The van der Waals surface area contributed by atoms with Crippen LogP contribution >= 0.6 is 0 Å². The molecule has 2 N–H and O–H groups in total. The van der Waals surface area contributed by atoms with E-state index in [2.05, 4.69) is 15.4 Å². The molecule has 1 fully saturated rings. The predicted molar refractivity (Wildman–Crippen MR) is 104 cm³/mol. The van der Waals surface area contributed by atoms with Gasteiger partial charge in [-0.2, -0.15) is 0 Å². The van der Waals surface area contributed by atoms with E-state index in [-0.39, 0.29) is 12.1 Å². The van der Waals surface area contributed by atoms with Gasteiger partial charge in [0.2, 0.25) is 5.91 Å². The average Bonchev–Trinajstić information content (AvgIpc) is 2.90. The van der Waals surface area contributed by atoms with E-state index in [1.54, 1.807) is 0 Å². The number of halogens is 3. The summed E-state index contributed by atoms with van der Waals surface area (Å²) in [6.45, 7) is 3.07. The van der Waals surface area contributed by atoms with Crippen LogP contribution in [0.2, 0.25) is 0 Å². The van der Waals surface area contributed by atoms with Gasteiger partial charge >= 0.3 is 12.4 Å². The Hall–Kier alpha value is -3.56. The lowest BCUT2D eigenvalue weighted by molar-refractivity contribution is -0.274. The van der Waals surface area contributed by atoms with E-state index in [1.807, 2.05) is 31.2 Å². The van der Waals surface area contributed by atoms with Crippen molar-refractivity contribution in [3.8, 4) is 5.75 Å². The minimum Gasteiger partial charge on any atom is -0.406 e. The predicted octanol–water partition coefficient (Wildman–Crippen LogP) is 2.98. The summed E-state index contributed by atoms with van der Waals surface area (Å²) in [6, 6.07) is 11.3. The maximum atomic E-state index is 12.9. The van der Waals surface area contributed by atoms with Crippen molar-refractivity contribution in [2.24, 2.45) is 0 Å². The number of hydrogen-bond acceptors (Lipinski definition) is 4. The monoisotopic (exact) mass is 435 g/mol. The first kappa shape index (κ1) is 22.1. The van der Waals surface area contributed by atoms with Crippen molar-refractivity contribution in [3.05, 3.63) is 65.2 Å². The fourth-order valence-corrected chi connectivity index (χ4v) is 3.23. The van der Waals surface area contributed by atoms with Crippen LogP contribution in [0.25, 0.3) is 0 Å². The number of hydrogen-bond donors (Lipinski definition) is 2. The molecule has 1 aliphatic rings. The Morgan fingerprint density at radius 1 is 1.13 bits per heavy atom. The Kier molecular flexibility index (Phi) is 5.92. The molecule has 4 amide bonds. The zero-order valence-electron chi connectivity index (χ0n) is 16.7. The number of carbonyl (C=O) groups is 3. The highest BCUT2D eigenvalue weighted by Crippen LogP contribution is 2.31. The van der Waals surface area contributed by atoms with E-state index < -0.39 is 42.0 Å². The van der Waals surface area contributed by atoms with Gasteiger partial charge in [-0.25, -0.2) is 4.79 Å². The minimum atomic E-state index is -4.84. The first-order valence-electron chi connectivity index (χ1n) is 9.31. The molecule has 1 saturated heterocycles. The van der Waals surface area contributed by atoms with E-state index in [0.717, 1.165) is 28.2 Å². The summed E-state index contributed by atoms with van der Waals surface area (Å²) in [4.78, 5) is 38.3. The lowest BCUT2D eigenvalue weighted by atomic mass is 9.92. The van der Waals surface area contributed by atoms with Gasteiger partial charge in [-0.05, 0) is 42.7 Å². The first-order valence-corrected chi connectivity index (χ1v) is 9.31. The van der Waals surface area contributed by atoms with Crippen molar-refractivity contribution in [1.82, 2.24) is 15.5 Å². The van der Waals surface area contributed by atoms with E-state index in [4.69, 9.17) is 0 Å². The standard InChI is InChI=1S/C21H20F3N3O4/c1-13-5-3-4-6-14(13)11-25-17(28)12-27-18(29)20(2,26-19(27)30)15-7-9-16(10-8-15)31-21(22,23)24/h3-10H,11-12H2,1-2H3,(H,25,28)(H,26,30). The third-order valence-corrected chi connectivity index (χ3v) is 4.98. The molecule has 0 spiro atoms. The summed E-state index contributed by atoms with van der Waals surface area (Å²) in [7, 11) is 0. The summed E-state index contributed by atoms with van der Waals surface area (Å²) in [6.07, 6.45) is -4.84. The largest absolute Gasteiger partial charge is 0.573 e. The van der Waals surface area contributed by atoms with Crippen LogP contribution in [0.3, 0.4) is 0 Å². The highest BCUT2D eigenvalue weighted by molar-refractivity contribution is 6.09. The van der Waals surface area contributed by atoms with E-state index in [1.165, 1.54) is 19.1 Å². The summed E-state index contributed by atoms with van der Waals surface area (Å²) >= 11 is 0. The molecule has 0 radical (unpaired) electrons. The smallest absolute Gasteiger partial charge is 0.406 e. The Morgan fingerprint density at radius 3 is 2.39 bits per heavy atom. The molecule has 1 aliphatic heterocycles. The molecule has 0 aliphatic carbocycles. The molecule has 164 valence electrons. The molecule has 0 aromatic heterocycles. The molecular weight excluding hydrogens is 415 g/mol. The van der Waals surface area contributed by atoms with Gasteiger partial charge in [-0.1, -0.05) is 36.4 Å². The molecule has 1 unspecified atom stereocenters. The van der Waals surface area contributed by atoms with Gasteiger partial charge in [0, 0.05) is 6.54 Å². The highest BCUT2D eigenvalue weighted by Gasteiger charge is 2.49. The third kappa shape index (κ3) is 4.96.